The molecule has 26 heavy (non-hydrogen) atoms. The van der Waals surface area contributed by atoms with Gasteiger partial charge in [0, 0.05) is 30.7 Å². The molecule has 0 unspecified atom stereocenters. The maximum Gasteiger partial charge on any atom is 0.269 e. The van der Waals surface area contributed by atoms with Crippen LogP contribution in [-0.4, -0.2) is 45.5 Å². The summed E-state index contributed by atoms with van der Waals surface area (Å²) in [6, 6.07) is 3.28. The number of non-ortho nitro benzene ring substituents is 1. The zero-order valence-corrected chi connectivity index (χ0v) is 14.2. The van der Waals surface area contributed by atoms with Gasteiger partial charge in [0.2, 0.25) is 23.6 Å². The van der Waals surface area contributed by atoms with Crippen molar-refractivity contribution in [1.29, 1.82) is 0 Å². The second-order valence-corrected chi connectivity index (χ2v) is 5.86. The van der Waals surface area contributed by atoms with E-state index >= 15 is 0 Å². The first-order valence-corrected chi connectivity index (χ1v) is 7.91. The summed E-state index contributed by atoms with van der Waals surface area (Å²) >= 11 is 0. The molecule has 2 N–H and O–H groups in total. The molecular formula is C16H18N4O6. The average molecular weight is 362 g/mol. The third-order valence-corrected chi connectivity index (χ3v) is 3.95. The number of carbonyl (C=O) groups is 4. The zero-order chi connectivity index (χ0) is 19.4. The van der Waals surface area contributed by atoms with Crippen LogP contribution in [0.1, 0.15) is 26.7 Å². The number of nitrogens with one attached hydrogen (secondary N) is 2. The molecule has 138 valence electrons. The Morgan fingerprint density at radius 2 is 1.62 bits per heavy atom. The van der Waals surface area contributed by atoms with Crippen LogP contribution < -0.4 is 10.6 Å². The molecule has 0 spiro atoms. The molecule has 2 atom stereocenters. The van der Waals surface area contributed by atoms with Gasteiger partial charge < -0.3 is 10.6 Å². The molecular weight excluding hydrogens is 344 g/mol. The van der Waals surface area contributed by atoms with E-state index < -0.39 is 40.6 Å². The topological polar surface area (TPSA) is 139 Å². The number of benzene rings is 1. The fourth-order valence-corrected chi connectivity index (χ4v) is 2.46. The molecule has 1 aromatic carbocycles. The van der Waals surface area contributed by atoms with E-state index in [-0.39, 0.29) is 18.5 Å². The Balaban J connectivity index is 1.93. The van der Waals surface area contributed by atoms with Gasteiger partial charge in [-0.2, -0.15) is 0 Å². The average Bonchev–Trinajstić information content (AvgIpc) is 2.93. The summed E-state index contributed by atoms with van der Waals surface area (Å²) in [6.45, 7) is 2.86. The minimum absolute atomic E-state index is 0.0760. The first-order valence-electron chi connectivity index (χ1n) is 7.91. The Hall–Kier alpha value is -3.30. The van der Waals surface area contributed by atoms with Gasteiger partial charge in [-0.1, -0.05) is 0 Å². The van der Waals surface area contributed by atoms with Crippen LogP contribution in [0.15, 0.2) is 24.3 Å². The summed E-state index contributed by atoms with van der Waals surface area (Å²) in [7, 11) is 0. The van der Waals surface area contributed by atoms with Crippen LogP contribution in [0.4, 0.5) is 11.4 Å². The van der Waals surface area contributed by atoms with E-state index in [4.69, 9.17) is 0 Å². The first kappa shape index (κ1) is 19.0. The molecule has 2 rings (SSSR count). The van der Waals surface area contributed by atoms with Crippen molar-refractivity contribution in [2.24, 2.45) is 0 Å². The molecule has 0 saturated carbocycles. The molecule has 0 radical (unpaired) electrons. The zero-order valence-electron chi connectivity index (χ0n) is 14.2. The Labute approximate surface area is 148 Å². The highest BCUT2D eigenvalue weighted by molar-refractivity contribution is 6.06. The van der Waals surface area contributed by atoms with Crippen LogP contribution in [0, 0.1) is 10.1 Å². The molecule has 0 aromatic heterocycles. The van der Waals surface area contributed by atoms with Gasteiger partial charge in [-0.3, -0.25) is 34.2 Å². The monoisotopic (exact) mass is 362 g/mol. The first-order chi connectivity index (χ1) is 12.2. The van der Waals surface area contributed by atoms with Crippen LogP contribution in [-0.2, 0) is 19.2 Å². The number of likely N-dealkylation sites (tertiary alicyclic amines) is 1. The number of imide groups is 1. The highest BCUT2D eigenvalue weighted by atomic mass is 16.6. The summed E-state index contributed by atoms with van der Waals surface area (Å²) < 4.78 is 0. The minimum atomic E-state index is -1.01. The normalized spacial score (nSPS) is 16.2. The van der Waals surface area contributed by atoms with Crippen LogP contribution in [0.3, 0.4) is 0 Å². The van der Waals surface area contributed by atoms with Crippen molar-refractivity contribution < 1.29 is 24.1 Å². The Kier molecular flexibility index (Phi) is 5.65. The Bertz CT molecular complexity index is 745. The number of rotatable bonds is 6. The van der Waals surface area contributed by atoms with Gasteiger partial charge in [0.25, 0.3) is 5.69 Å². The fraction of sp³-hybridized carbons (Fsp3) is 0.375. The molecule has 10 nitrogen and oxygen atoms in total. The smallest absolute Gasteiger partial charge is 0.269 e. The molecule has 1 fully saturated rings. The molecule has 4 amide bonds. The van der Waals surface area contributed by atoms with Crippen molar-refractivity contribution >= 4 is 35.0 Å². The number of nitrogens with zero attached hydrogens (tertiary/aromatic N) is 2. The highest BCUT2D eigenvalue weighted by Crippen LogP contribution is 2.17. The predicted molar refractivity (Wildman–Crippen MR) is 89.9 cm³/mol. The quantitative estimate of drug-likeness (QED) is 0.431. The van der Waals surface area contributed by atoms with E-state index in [2.05, 4.69) is 10.6 Å². The number of carbonyl (C=O) groups excluding carboxylic acids is 4. The van der Waals surface area contributed by atoms with Crippen molar-refractivity contribution in [2.75, 3.05) is 5.32 Å². The van der Waals surface area contributed by atoms with Gasteiger partial charge in [0.05, 0.1) is 4.92 Å². The summed E-state index contributed by atoms with van der Waals surface area (Å²) in [5, 5.41) is 15.6. The third kappa shape index (κ3) is 4.21. The van der Waals surface area contributed by atoms with Crippen LogP contribution in [0.25, 0.3) is 0 Å². The molecule has 1 heterocycles. The molecule has 0 aliphatic carbocycles. The lowest BCUT2D eigenvalue weighted by atomic mass is 10.2. The maximum atomic E-state index is 12.2. The number of amides is 4. The van der Waals surface area contributed by atoms with E-state index in [1.807, 2.05) is 0 Å². The van der Waals surface area contributed by atoms with Crippen molar-refractivity contribution in [3.63, 3.8) is 0 Å². The molecule has 1 saturated heterocycles. The van der Waals surface area contributed by atoms with Crippen molar-refractivity contribution in [3.8, 4) is 0 Å². The third-order valence-electron chi connectivity index (χ3n) is 3.95. The molecule has 0 bridgehead atoms. The van der Waals surface area contributed by atoms with Gasteiger partial charge in [-0.25, -0.2) is 0 Å². The van der Waals surface area contributed by atoms with Crippen LogP contribution in [0.5, 0.6) is 0 Å². The van der Waals surface area contributed by atoms with Gasteiger partial charge in [0.15, 0.2) is 0 Å². The second-order valence-electron chi connectivity index (χ2n) is 5.86. The van der Waals surface area contributed by atoms with E-state index in [1.165, 1.54) is 38.1 Å². The fourth-order valence-electron chi connectivity index (χ4n) is 2.46. The van der Waals surface area contributed by atoms with Gasteiger partial charge in [-0.05, 0) is 26.0 Å². The van der Waals surface area contributed by atoms with Gasteiger partial charge >= 0.3 is 0 Å². The lowest BCUT2D eigenvalue weighted by Gasteiger charge is -2.23. The van der Waals surface area contributed by atoms with Crippen molar-refractivity contribution in [3.05, 3.63) is 34.4 Å². The number of hydrogen-bond acceptors (Lipinski definition) is 6. The number of hydrogen-bond donors (Lipinski definition) is 2. The predicted octanol–water partition coefficient (Wildman–Crippen LogP) is 0.575. The second kappa shape index (κ2) is 7.72. The Morgan fingerprint density at radius 1 is 1.08 bits per heavy atom. The minimum Gasteiger partial charge on any atom is -0.343 e. The lowest BCUT2D eigenvalue weighted by molar-refractivity contribution is -0.384. The molecule has 1 aliphatic rings. The highest BCUT2D eigenvalue weighted by Gasteiger charge is 2.36. The molecule has 1 aromatic rings. The lowest BCUT2D eigenvalue weighted by Crippen LogP contribution is -2.51. The van der Waals surface area contributed by atoms with E-state index in [1.54, 1.807) is 0 Å². The summed E-state index contributed by atoms with van der Waals surface area (Å²) in [5.74, 6) is -2.00. The summed E-state index contributed by atoms with van der Waals surface area (Å²) in [6.07, 6.45) is 0.152. The maximum absolute atomic E-state index is 12.2. The van der Waals surface area contributed by atoms with E-state index in [9.17, 15) is 29.3 Å². The van der Waals surface area contributed by atoms with E-state index in [0.717, 1.165) is 4.90 Å². The molecule has 10 heteroatoms. The molecule has 1 aliphatic heterocycles. The SMILES string of the molecule is C[C@H](NC(=O)[C@H](C)N1C(=O)CCC1=O)C(=O)Nc1ccc([N+](=O)[O-])cc1. The van der Waals surface area contributed by atoms with Gasteiger partial charge in [0.1, 0.15) is 12.1 Å². The standard InChI is InChI=1S/C16H18N4O6/c1-9(15(23)18-11-3-5-12(6-4-11)20(25)26)17-16(24)10(2)19-13(21)7-8-14(19)22/h3-6,9-10H,7-8H2,1-2H3,(H,17,24)(H,18,23)/t9-,10-/m0/s1. The van der Waals surface area contributed by atoms with Crippen molar-refractivity contribution in [2.45, 2.75) is 38.8 Å². The number of anilines is 1. The largest absolute Gasteiger partial charge is 0.343 e. The van der Waals surface area contributed by atoms with Crippen molar-refractivity contribution in [1.82, 2.24) is 10.2 Å². The number of nitro benzene ring substituents is 1. The van der Waals surface area contributed by atoms with Gasteiger partial charge in [-0.15, -0.1) is 0 Å². The Morgan fingerprint density at radius 3 is 2.12 bits per heavy atom. The van der Waals surface area contributed by atoms with Crippen LogP contribution >= 0.6 is 0 Å². The van der Waals surface area contributed by atoms with E-state index in [0.29, 0.717) is 5.69 Å². The summed E-state index contributed by atoms with van der Waals surface area (Å²) in [5.41, 5.74) is 0.220. The number of nitro groups is 1. The van der Waals surface area contributed by atoms with Crippen LogP contribution in [0.2, 0.25) is 0 Å². The summed E-state index contributed by atoms with van der Waals surface area (Å²) in [4.78, 5) is 58.6.